The van der Waals surface area contributed by atoms with Crippen molar-refractivity contribution in [3.8, 4) is 5.75 Å². The minimum atomic E-state index is -1.02. The van der Waals surface area contributed by atoms with Gasteiger partial charge in [0.1, 0.15) is 17.6 Å². The molecular weight excluding hydrogens is 507 g/mol. The number of halogens is 2. The number of nitrogens with one attached hydrogen (secondary N) is 1. The molecule has 2 aromatic rings. The number of benzene rings is 2. The molecule has 1 saturated heterocycles. The maximum atomic E-state index is 14.9. The number of ether oxygens (including phenoxy) is 1. The highest BCUT2D eigenvalue weighted by Gasteiger charge is 2.58. The fourth-order valence-electron chi connectivity index (χ4n) is 6.38. The molecule has 1 saturated carbocycles. The van der Waals surface area contributed by atoms with Gasteiger partial charge in [-0.05, 0) is 36.0 Å². The third-order valence-electron chi connectivity index (χ3n) is 8.12. The second kappa shape index (κ2) is 11.6. The molecule has 2 N–H and O–H groups in total. The lowest BCUT2D eigenvalue weighted by Crippen LogP contribution is -2.49. The number of rotatable bonds is 7. The molecule has 0 aromatic heterocycles. The van der Waals surface area contributed by atoms with Gasteiger partial charge in [0.2, 0.25) is 5.91 Å². The lowest BCUT2D eigenvalue weighted by Gasteiger charge is -2.36. The van der Waals surface area contributed by atoms with Gasteiger partial charge in [-0.2, -0.15) is 0 Å². The molecule has 1 heterocycles. The molecule has 206 valence electrons. The number of methoxy groups -OCH3 is 1. The van der Waals surface area contributed by atoms with Crippen molar-refractivity contribution in [3.63, 3.8) is 0 Å². The molecule has 8 heteroatoms. The van der Waals surface area contributed by atoms with Gasteiger partial charge in [-0.3, -0.25) is 4.79 Å². The Morgan fingerprint density at radius 2 is 1.79 bits per heavy atom. The maximum Gasteiger partial charge on any atom is 0.326 e. The molecule has 0 spiro atoms. The van der Waals surface area contributed by atoms with E-state index in [0.717, 1.165) is 37.7 Å². The first-order valence-corrected chi connectivity index (χ1v) is 13.8. The van der Waals surface area contributed by atoms with Crippen molar-refractivity contribution in [3.05, 3.63) is 64.4 Å². The number of nitrogens with zero attached hydrogens (tertiary/aromatic N) is 1. The highest BCUT2D eigenvalue weighted by Crippen LogP contribution is 2.49. The van der Waals surface area contributed by atoms with E-state index in [0.29, 0.717) is 11.3 Å². The molecule has 38 heavy (non-hydrogen) atoms. The minimum absolute atomic E-state index is 0.0937. The highest BCUT2D eigenvalue weighted by molar-refractivity contribution is 6.32. The van der Waals surface area contributed by atoms with E-state index in [9.17, 15) is 19.1 Å². The third kappa shape index (κ3) is 5.69. The Labute approximate surface area is 229 Å². The summed E-state index contributed by atoms with van der Waals surface area (Å²) in [4.78, 5) is 28.7. The molecular formula is C30H38ClFN2O4. The largest absolute Gasteiger partial charge is 0.495 e. The lowest BCUT2D eigenvalue weighted by molar-refractivity contribution is -0.154. The van der Waals surface area contributed by atoms with Crippen LogP contribution in [0.1, 0.15) is 70.0 Å². The van der Waals surface area contributed by atoms with Crippen LogP contribution in [-0.2, 0) is 16.1 Å². The second-order valence-corrected chi connectivity index (χ2v) is 12.0. The Kier molecular flexibility index (Phi) is 8.68. The first kappa shape index (κ1) is 28.4. The molecule has 0 radical (unpaired) electrons. The van der Waals surface area contributed by atoms with Gasteiger partial charge in [-0.1, -0.05) is 82.0 Å². The summed E-state index contributed by atoms with van der Waals surface area (Å²) in [5, 5.41) is 14.2. The van der Waals surface area contributed by atoms with Gasteiger partial charge >= 0.3 is 5.97 Å². The van der Waals surface area contributed by atoms with E-state index in [1.807, 2.05) is 51.1 Å². The summed E-state index contributed by atoms with van der Waals surface area (Å²) in [5.74, 6) is -1.85. The number of carbonyl (C=O) groups excluding carboxylic acids is 1. The van der Waals surface area contributed by atoms with Gasteiger partial charge in [-0.15, -0.1) is 0 Å². The Hall–Kier alpha value is -2.64. The van der Waals surface area contributed by atoms with E-state index in [1.165, 1.54) is 13.2 Å². The summed E-state index contributed by atoms with van der Waals surface area (Å²) in [5.41, 5.74) is 0.752. The van der Waals surface area contributed by atoms with Crippen molar-refractivity contribution < 1.29 is 23.8 Å². The summed E-state index contributed by atoms with van der Waals surface area (Å²) in [6, 6.07) is 10.4. The molecule has 2 aliphatic rings. The first-order valence-electron chi connectivity index (χ1n) is 13.4. The van der Waals surface area contributed by atoms with Crippen molar-refractivity contribution in [2.75, 3.05) is 7.11 Å². The third-order valence-corrected chi connectivity index (χ3v) is 8.41. The topological polar surface area (TPSA) is 78.9 Å². The van der Waals surface area contributed by atoms with E-state index in [1.54, 1.807) is 11.0 Å². The Morgan fingerprint density at radius 1 is 1.13 bits per heavy atom. The predicted octanol–water partition coefficient (Wildman–Crippen LogP) is 6.23. The van der Waals surface area contributed by atoms with Crippen LogP contribution in [0.3, 0.4) is 0 Å². The summed E-state index contributed by atoms with van der Waals surface area (Å²) < 4.78 is 20.2. The molecule has 0 unspecified atom stereocenters. The normalized spacial score (nSPS) is 24.4. The molecule has 4 atom stereocenters. The fraction of sp³-hybridized carbons (Fsp3) is 0.533. The number of hydrogen-bond donors (Lipinski definition) is 2. The smallest absolute Gasteiger partial charge is 0.326 e. The van der Waals surface area contributed by atoms with Gasteiger partial charge in [0.15, 0.2) is 0 Å². The molecule has 2 aromatic carbocycles. The highest BCUT2D eigenvalue weighted by atomic mass is 35.5. The number of amides is 1. The van der Waals surface area contributed by atoms with Crippen LogP contribution in [0, 0.1) is 23.1 Å². The first-order chi connectivity index (χ1) is 18.0. The quantitative estimate of drug-likeness (QED) is 0.432. The number of likely N-dealkylation sites (tertiary alicyclic amines) is 1. The van der Waals surface area contributed by atoms with Gasteiger partial charge in [0, 0.05) is 30.0 Å². The second-order valence-electron chi connectivity index (χ2n) is 11.6. The van der Waals surface area contributed by atoms with Gasteiger partial charge in [0.05, 0.1) is 18.2 Å². The zero-order chi connectivity index (χ0) is 27.6. The van der Waals surface area contributed by atoms with Crippen LogP contribution >= 0.6 is 11.6 Å². The molecule has 4 rings (SSSR count). The average Bonchev–Trinajstić information content (AvgIpc) is 3.25. The minimum Gasteiger partial charge on any atom is -0.495 e. The summed E-state index contributed by atoms with van der Waals surface area (Å²) in [6.07, 6.45) is 4.59. The van der Waals surface area contributed by atoms with Crippen molar-refractivity contribution in [1.29, 1.82) is 0 Å². The summed E-state index contributed by atoms with van der Waals surface area (Å²) in [7, 11) is 1.47. The number of aliphatic carboxylic acids is 1. The number of carboxylic acid groups (broad SMARTS) is 1. The summed E-state index contributed by atoms with van der Waals surface area (Å²) >= 11 is 6.10. The Bertz CT molecular complexity index is 1150. The maximum absolute atomic E-state index is 14.9. The van der Waals surface area contributed by atoms with Gasteiger partial charge < -0.3 is 20.1 Å². The van der Waals surface area contributed by atoms with E-state index in [2.05, 4.69) is 5.32 Å². The Morgan fingerprint density at radius 3 is 2.37 bits per heavy atom. The van der Waals surface area contributed by atoms with Crippen molar-refractivity contribution >= 4 is 23.5 Å². The molecule has 1 aliphatic carbocycles. The standard InChI is InChI=1S/C30H38ClFN2O4/c1-30(2,3)24-25(33-17-20-15-23(38-4)21(31)16-22(20)32)26(18-11-7-5-8-12-18)34(27(24)29(36)37)28(35)19-13-9-6-10-14-19/h5,7-8,11-12,15-16,19,24-27,33H,6,9-10,13-14,17H2,1-4H3,(H,36,37)/t24-,25-,26-,27-/m0/s1. The van der Waals surface area contributed by atoms with Gasteiger partial charge in [-0.25, -0.2) is 9.18 Å². The monoisotopic (exact) mass is 544 g/mol. The molecule has 2 fully saturated rings. The van der Waals surface area contributed by atoms with Crippen molar-refractivity contribution in [2.45, 2.75) is 77.5 Å². The molecule has 1 aliphatic heterocycles. The van der Waals surface area contributed by atoms with E-state index in [-0.39, 0.29) is 23.4 Å². The van der Waals surface area contributed by atoms with Gasteiger partial charge in [0.25, 0.3) is 0 Å². The van der Waals surface area contributed by atoms with E-state index < -0.39 is 41.2 Å². The van der Waals surface area contributed by atoms with Crippen LogP contribution < -0.4 is 10.1 Å². The zero-order valence-electron chi connectivity index (χ0n) is 22.5. The van der Waals surface area contributed by atoms with Crippen LogP contribution in [0.25, 0.3) is 0 Å². The zero-order valence-corrected chi connectivity index (χ0v) is 23.3. The van der Waals surface area contributed by atoms with Crippen LogP contribution in [0.2, 0.25) is 5.02 Å². The van der Waals surface area contributed by atoms with E-state index in [4.69, 9.17) is 16.3 Å². The number of hydrogen-bond acceptors (Lipinski definition) is 4. The van der Waals surface area contributed by atoms with Crippen molar-refractivity contribution in [1.82, 2.24) is 10.2 Å². The van der Waals surface area contributed by atoms with E-state index >= 15 is 0 Å². The lowest BCUT2D eigenvalue weighted by atomic mass is 9.72. The summed E-state index contributed by atoms with van der Waals surface area (Å²) in [6.45, 7) is 6.14. The van der Waals surface area contributed by atoms with Crippen LogP contribution in [0.15, 0.2) is 42.5 Å². The predicted molar refractivity (Wildman–Crippen MR) is 146 cm³/mol. The van der Waals surface area contributed by atoms with Crippen LogP contribution in [-0.4, -0.2) is 41.1 Å². The van der Waals surface area contributed by atoms with Crippen molar-refractivity contribution in [2.24, 2.45) is 17.3 Å². The molecule has 6 nitrogen and oxygen atoms in total. The van der Waals surface area contributed by atoms with Crippen LogP contribution in [0.4, 0.5) is 4.39 Å². The molecule has 0 bridgehead atoms. The fourth-order valence-corrected chi connectivity index (χ4v) is 6.61. The average molecular weight is 545 g/mol. The SMILES string of the molecule is COc1cc(CN[C@H]2[C@H](C(C)(C)C)[C@@H](C(=O)O)N(C(=O)C3CCCCC3)[C@H]2c2ccccc2)c(F)cc1Cl. The Balaban J connectivity index is 1.80. The van der Waals surface area contributed by atoms with Crippen LogP contribution in [0.5, 0.6) is 5.75 Å². The number of carbonyl (C=O) groups is 2. The number of carboxylic acids is 1. The molecule has 1 amide bonds.